The molecule has 0 fully saturated rings. The first-order valence-corrected chi connectivity index (χ1v) is 6.71. The number of carbonyl (C=O) groups is 1. The Morgan fingerprint density at radius 1 is 1.32 bits per heavy atom. The van der Waals surface area contributed by atoms with Gasteiger partial charge in [-0.1, -0.05) is 24.6 Å². The molecule has 4 heteroatoms. The van der Waals surface area contributed by atoms with Gasteiger partial charge in [0, 0.05) is 6.54 Å². The molecular weight excluding hydrogens is 242 g/mol. The second kappa shape index (κ2) is 8.53. The maximum atomic E-state index is 11.6. The van der Waals surface area contributed by atoms with Gasteiger partial charge in [0.15, 0.2) is 6.61 Å². The molecule has 1 aromatic rings. The molecule has 0 heterocycles. The molecular formula is C15H23NO3. The zero-order chi connectivity index (χ0) is 14.1. The van der Waals surface area contributed by atoms with E-state index in [-0.39, 0.29) is 18.7 Å². The van der Waals surface area contributed by atoms with E-state index < -0.39 is 0 Å². The average Bonchev–Trinajstić information content (AvgIpc) is 2.38. The largest absolute Gasteiger partial charge is 0.482 e. The summed E-state index contributed by atoms with van der Waals surface area (Å²) in [5, 5.41) is 3.20. The molecule has 1 unspecified atom stereocenters. The lowest BCUT2D eigenvalue weighted by molar-refractivity contribution is -0.150. The maximum Gasteiger partial charge on any atom is 0.344 e. The summed E-state index contributed by atoms with van der Waals surface area (Å²) in [4.78, 5) is 11.6. The van der Waals surface area contributed by atoms with E-state index in [1.807, 2.05) is 38.1 Å². The molecule has 0 bridgehead atoms. The van der Waals surface area contributed by atoms with Gasteiger partial charge >= 0.3 is 5.97 Å². The molecule has 1 aromatic carbocycles. The number of hydrogen-bond acceptors (Lipinski definition) is 4. The summed E-state index contributed by atoms with van der Waals surface area (Å²) in [5.41, 5.74) is 1.16. The minimum Gasteiger partial charge on any atom is -0.482 e. The molecule has 1 atom stereocenters. The average molecular weight is 265 g/mol. The van der Waals surface area contributed by atoms with Crippen LogP contribution in [-0.4, -0.2) is 31.8 Å². The summed E-state index contributed by atoms with van der Waals surface area (Å²) in [6.45, 7) is 7.52. The standard InChI is InChI=1S/C15H23NO3/c1-4-9-16-10-13(3)19-15(17)11-18-14-7-5-12(2)6-8-14/h5-8,13,16H,4,9-11H2,1-3H3. The van der Waals surface area contributed by atoms with E-state index in [2.05, 4.69) is 12.2 Å². The van der Waals surface area contributed by atoms with E-state index in [1.165, 1.54) is 0 Å². The molecule has 0 aliphatic carbocycles. The maximum absolute atomic E-state index is 11.6. The van der Waals surface area contributed by atoms with Crippen molar-refractivity contribution >= 4 is 5.97 Å². The highest BCUT2D eigenvalue weighted by Crippen LogP contribution is 2.11. The third-order valence-corrected chi connectivity index (χ3v) is 2.57. The van der Waals surface area contributed by atoms with Crippen LogP contribution in [0.1, 0.15) is 25.8 Å². The first kappa shape index (κ1) is 15.5. The van der Waals surface area contributed by atoms with Crippen molar-refractivity contribution in [2.45, 2.75) is 33.3 Å². The van der Waals surface area contributed by atoms with Crippen LogP contribution in [0.5, 0.6) is 5.75 Å². The highest BCUT2D eigenvalue weighted by molar-refractivity contribution is 5.71. The summed E-state index contributed by atoms with van der Waals surface area (Å²) >= 11 is 0. The van der Waals surface area contributed by atoms with Crippen molar-refractivity contribution in [1.29, 1.82) is 0 Å². The van der Waals surface area contributed by atoms with Crippen molar-refractivity contribution in [3.05, 3.63) is 29.8 Å². The van der Waals surface area contributed by atoms with Crippen LogP contribution in [0, 0.1) is 6.92 Å². The Morgan fingerprint density at radius 2 is 2.00 bits per heavy atom. The van der Waals surface area contributed by atoms with E-state index in [9.17, 15) is 4.79 Å². The van der Waals surface area contributed by atoms with Crippen molar-refractivity contribution < 1.29 is 14.3 Å². The normalized spacial score (nSPS) is 11.9. The van der Waals surface area contributed by atoms with Crippen LogP contribution in [-0.2, 0) is 9.53 Å². The van der Waals surface area contributed by atoms with Crippen LogP contribution in [0.25, 0.3) is 0 Å². The van der Waals surface area contributed by atoms with Gasteiger partial charge in [0.05, 0.1) is 0 Å². The first-order valence-electron chi connectivity index (χ1n) is 6.71. The molecule has 0 aliphatic heterocycles. The van der Waals surface area contributed by atoms with Crippen molar-refractivity contribution in [2.24, 2.45) is 0 Å². The fourth-order valence-corrected chi connectivity index (χ4v) is 1.56. The summed E-state index contributed by atoms with van der Waals surface area (Å²) in [6, 6.07) is 7.57. The number of carbonyl (C=O) groups excluding carboxylic acids is 1. The number of ether oxygens (including phenoxy) is 2. The van der Waals surface area contributed by atoms with Crippen LogP contribution in [0.3, 0.4) is 0 Å². The predicted octanol–water partition coefficient (Wildman–Crippen LogP) is 2.31. The van der Waals surface area contributed by atoms with Crippen molar-refractivity contribution in [3.8, 4) is 5.75 Å². The van der Waals surface area contributed by atoms with Gasteiger partial charge in [-0.3, -0.25) is 0 Å². The van der Waals surface area contributed by atoms with Gasteiger partial charge in [-0.15, -0.1) is 0 Å². The van der Waals surface area contributed by atoms with Crippen LogP contribution in [0.15, 0.2) is 24.3 Å². The van der Waals surface area contributed by atoms with Gasteiger partial charge < -0.3 is 14.8 Å². The lowest BCUT2D eigenvalue weighted by Crippen LogP contribution is -2.30. The Morgan fingerprint density at radius 3 is 2.63 bits per heavy atom. The molecule has 0 aliphatic rings. The van der Waals surface area contributed by atoms with Crippen LogP contribution >= 0.6 is 0 Å². The second-order valence-electron chi connectivity index (χ2n) is 4.61. The van der Waals surface area contributed by atoms with Crippen LogP contribution < -0.4 is 10.1 Å². The van der Waals surface area contributed by atoms with Gasteiger partial charge in [0.1, 0.15) is 11.9 Å². The molecule has 0 radical (unpaired) electrons. The molecule has 0 spiro atoms. The Kier molecular flexibility index (Phi) is 6.97. The number of benzene rings is 1. The monoisotopic (exact) mass is 265 g/mol. The molecule has 1 N–H and O–H groups in total. The minimum absolute atomic E-state index is 0.0544. The van der Waals surface area contributed by atoms with E-state index in [0.717, 1.165) is 18.5 Å². The SMILES string of the molecule is CCCNCC(C)OC(=O)COc1ccc(C)cc1. The van der Waals surface area contributed by atoms with Crippen molar-refractivity contribution in [2.75, 3.05) is 19.7 Å². The summed E-state index contributed by atoms with van der Waals surface area (Å²) in [7, 11) is 0. The Balaban J connectivity index is 2.22. The van der Waals surface area contributed by atoms with Crippen LogP contribution in [0.2, 0.25) is 0 Å². The fraction of sp³-hybridized carbons (Fsp3) is 0.533. The number of hydrogen-bond donors (Lipinski definition) is 1. The number of rotatable bonds is 8. The lowest BCUT2D eigenvalue weighted by Gasteiger charge is -2.14. The van der Waals surface area contributed by atoms with Crippen LogP contribution in [0.4, 0.5) is 0 Å². The van der Waals surface area contributed by atoms with Crippen molar-refractivity contribution in [3.63, 3.8) is 0 Å². The molecule has 0 aromatic heterocycles. The van der Waals surface area contributed by atoms with E-state index in [0.29, 0.717) is 12.3 Å². The van der Waals surface area contributed by atoms with Gasteiger partial charge in [-0.25, -0.2) is 4.79 Å². The lowest BCUT2D eigenvalue weighted by atomic mass is 10.2. The third kappa shape index (κ3) is 6.82. The first-order chi connectivity index (χ1) is 9.11. The Hall–Kier alpha value is -1.55. The van der Waals surface area contributed by atoms with E-state index in [1.54, 1.807) is 0 Å². The van der Waals surface area contributed by atoms with Gasteiger partial charge in [-0.05, 0) is 38.9 Å². The van der Waals surface area contributed by atoms with E-state index >= 15 is 0 Å². The van der Waals surface area contributed by atoms with Gasteiger partial charge in [-0.2, -0.15) is 0 Å². The topological polar surface area (TPSA) is 47.6 Å². The smallest absolute Gasteiger partial charge is 0.344 e. The van der Waals surface area contributed by atoms with Crippen molar-refractivity contribution in [1.82, 2.24) is 5.32 Å². The second-order valence-corrected chi connectivity index (χ2v) is 4.61. The number of esters is 1. The zero-order valence-electron chi connectivity index (χ0n) is 11.9. The Bertz CT molecular complexity index is 375. The molecule has 1 rings (SSSR count). The number of aryl methyl sites for hydroxylation is 1. The van der Waals surface area contributed by atoms with Gasteiger partial charge in [0.25, 0.3) is 0 Å². The summed E-state index contributed by atoms with van der Waals surface area (Å²) in [6.07, 6.45) is 0.928. The Labute approximate surface area is 115 Å². The molecule has 0 saturated carbocycles. The highest BCUT2D eigenvalue weighted by atomic mass is 16.6. The molecule has 0 saturated heterocycles. The summed E-state index contributed by atoms with van der Waals surface area (Å²) < 4.78 is 10.6. The molecule has 106 valence electrons. The van der Waals surface area contributed by atoms with E-state index in [4.69, 9.17) is 9.47 Å². The third-order valence-electron chi connectivity index (χ3n) is 2.57. The minimum atomic E-state index is -0.341. The number of nitrogens with one attached hydrogen (secondary N) is 1. The quantitative estimate of drug-likeness (QED) is 0.579. The van der Waals surface area contributed by atoms with Gasteiger partial charge in [0.2, 0.25) is 0 Å². The predicted molar refractivity (Wildman–Crippen MR) is 75.4 cm³/mol. The fourth-order valence-electron chi connectivity index (χ4n) is 1.56. The zero-order valence-corrected chi connectivity index (χ0v) is 11.9. The molecule has 0 amide bonds. The molecule has 19 heavy (non-hydrogen) atoms. The molecule has 4 nitrogen and oxygen atoms in total. The highest BCUT2D eigenvalue weighted by Gasteiger charge is 2.09. The summed E-state index contributed by atoms with van der Waals surface area (Å²) in [5.74, 6) is 0.339.